The van der Waals surface area contributed by atoms with Gasteiger partial charge in [0, 0.05) is 52.5 Å². The Morgan fingerprint density at radius 1 is 1.10 bits per heavy atom. The number of guanidine groups is 1. The minimum Gasteiger partial charge on any atom is -0.385 e. The van der Waals surface area contributed by atoms with Gasteiger partial charge in [-0.2, -0.15) is 0 Å². The average Bonchev–Trinajstić information content (AvgIpc) is 2.70. The van der Waals surface area contributed by atoms with Gasteiger partial charge in [0.25, 0.3) is 0 Å². The highest BCUT2D eigenvalue weighted by Gasteiger charge is 2.38. The number of ether oxygens (including phenoxy) is 2. The maximum Gasteiger partial charge on any atom is 0.191 e. The lowest BCUT2D eigenvalue weighted by molar-refractivity contribution is 0.0510. The van der Waals surface area contributed by atoms with Gasteiger partial charge in [0.1, 0.15) is 0 Å². The number of benzene rings is 1. The van der Waals surface area contributed by atoms with Crippen molar-refractivity contribution in [2.45, 2.75) is 50.9 Å². The number of aryl methyl sites for hydroxylation is 1. The van der Waals surface area contributed by atoms with E-state index in [-0.39, 0.29) is 29.4 Å². The highest BCUT2D eigenvalue weighted by molar-refractivity contribution is 14.0. The molecule has 0 spiro atoms. The Kier molecular flexibility index (Phi) is 9.69. The zero-order valence-corrected chi connectivity index (χ0v) is 20.6. The van der Waals surface area contributed by atoms with Crippen molar-refractivity contribution < 1.29 is 9.47 Å². The van der Waals surface area contributed by atoms with Crippen molar-refractivity contribution in [3.63, 3.8) is 0 Å². The molecule has 1 saturated heterocycles. The predicted molar refractivity (Wildman–Crippen MR) is 130 cm³/mol. The van der Waals surface area contributed by atoms with Gasteiger partial charge in [0.15, 0.2) is 5.96 Å². The van der Waals surface area contributed by atoms with Crippen LogP contribution in [0.3, 0.4) is 0 Å². The molecule has 0 atom stereocenters. The van der Waals surface area contributed by atoms with Crippen LogP contribution < -0.4 is 10.6 Å². The summed E-state index contributed by atoms with van der Waals surface area (Å²) in [7, 11) is 3.65. The molecule has 0 radical (unpaired) electrons. The van der Waals surface area contributed by atoms with Crippen molar-refractivity contribution in [2.24, 2.45) is 10.4 Å². The van der Waals surface area contributed by atoms with E-state index in [1.807, 2.05) is 7.05 Å². The van der Waals surface area contributed by atoms with Crippen LogP contribution in [0.1, 0.15) is 49.7 Å². The molecule has 2 N–H and O–H groups in total. The SMILES string of the molecule is CN=C(NCC1(CCOC)CCC1)NCC1(c2ccccc2C)CCOCC1.I. The van der Waals surface area contributed by atoms with Gasteiger partial charge in [-0.3, -0.25) is 4.99 Å². The van der Waals surface area contributed by atoms with Crippen molar-refractivity contribution in [1.82, 2.24) is 10.6 Å². The maximum absolute atomic E-state index is 5.69. The van der Waals surface area contributed by atoms with Crippen LogP contribution in [-0.4, -0.2) is 53.0 Å². The van der Waals surface area contributed by atoms with Crippen LogP contribution in [0.2, 0.25) is 0 Å². The molecule has 1 saturated carbocycles. The fourth-order valence-electron chi connectivity index (χ4n) is 4.73. The first-order chi connectivity index (χ1) is 13.6. The van der Waals surface area contributed by atoms with Crippen molar-refractivity contribution in [3.05, 3.63) is 35.4 Å². The number of methoxy groups -OCH3 is 1. The quantitative estimate of drug-likeness (QED) is 0.312. The van der Waals surface area contributed by atoms with Crippen LogP contribution in [0.5, 0.6) is 0 Å². The second kappa shape index (κ2) is 11.5. The van der Waals surface area contributed by atoms with Gasteiger partial charge in [-0.1, -0.05) is 30.7 Å². The van der Waals surface area contributed by atoms with Crippen LogP contribution in [0.25, 0.3) is 0 Å². The number of hydrogen-bond acceptors (Lipinski definition) is 3. The van der Waals surface area contributed by atoms with E-state index in [2.05, 4.69) is 46.8 Å². The lowest BCUT2D eigenvalue weighted by Crippen LogP contribution is -2.51. The standard InChI is InChI=1S/C23H37N3O2.HI/c1-19-7-4-5-8-20(19)23(12-15-28-16-13-23)18-26-21(24-2)25-17-22(9-6-10-22)11-14-27-3;/h4-5,7-8H,6,9-18H2,1-3H3,(H2,24,25,26);1H. The Hall–Kier alpha value is -0.860. The van der Waals surface area contributed by atoms with Gasteiger partial charge in [-0.15, -0.1) is 24.0 Å². The summed E-state index contributed by atoms with van der Waals surface area (Å²) in [5, 5.41) is 7.23. The molecule has 6 heteroatoms. The normalized spacial score (nSPS) is 20.3. The number of rotatable bonds is 8. The predicted octanol–water partition coefficient (Wildman–Crippen LogP) is 4.03. The molecule has 0 amide bonds. The van der Waals surface area contributed by atoms with E-state index in [1.54, 1.807) is 7.11 Å². The molecule has 0 aromatic heterocycles. The highest BCUT2D eigenvalue weighted by atomic mass is 127. The van der Waals surface area contributed by atoms with Crippen molar-refractivity contribution in [2.75, 3.05) is 47.1 Å². The van der Waals surface area contributed by atoms with E-state index in [1.165, 1.54) is 30.4 Å². The average molecular weight is 515 g/mol. The largest absolute Gasteiger partial charge is 0.385 e. The minimum atomic E-state index is 0. The zero-order valence-electron chi connectivity index (χ0n) is 18.3. The second-order valence-electron chi connectivity index (χ2n) is 8.58. The van der Waals surface area contributed by atoms with Gasteiger partial charge in [0.05, 0.1) is 0 Å². The van der Waals surface area contributed by atoms with Crippen LogP contribution in [0, 0.1) is 12.3 Å². The second-order valence-corrected chi connectivity index (χ2v) is 8.58. The molecule has 0 unspecified atom stereocenters. The maximum atomic E-state index is 5.69. The van der Waals surface area contributed by atoms with Crippen molar-refractivity contribution >= 4 is 29.9 Å². The summed E-state index contributed by atoms with van der Waals surface area (Å²) in [6, 6.07) is 8.78. The first-order valence-electron chi connectivity index (χ1n) is 10.7. The Labute approximate surface area is 193 Å². The van der Waals surface area contributed by atoms with Gasteiger partial charge in [-0.25, -0.2) is 0 Å². The molecular weight excluding hydrogens is 477 g/mol. The summed E-state index contributed by atoms with van der Waals surface area (Å²) in [6.07, 6.45) is 7.10. The highest BCUT2D eigenvalue weighted by Crippen LogP contribution is 2.43. The van der Waals surface area contributed by atoms with E-state index in [0.29, 0.717) is 5.41 Å². The Bertz CT molecular complexity index is 655. The number of hydrogen-bond donors (Lipinski definition) is 2. The topological polar surface area (TPSA) is 54.9 Å². The van der Waals surface area contributed by atoms with E-state index < -0.39 is 0 Å². The first-order valence-corrected chi connectivity index (χ1v) is 10.7. The van der Waals surface area contributed by atoms with Gasteiger partial charge in [0.2, 0.25) is 0 Å². The molecule has 5 nitrogen and oxygen atoms in total. The van der Waals surface area contributed by atoms with Gasteiger partial charge < -0.3 is 20.1 Å². The summed E-state index contributed by atoms with van der Waals surface area (Å²) >= 11 is 0. The van der Waals surface area contributed by atoms with E-state index in [0.717, 1.165) is 58.1 Å². The van der Waals surface area contributed by atoms with E-state index >= 15 is 0 Å². The number of nitrogens with one attached hydrogen (secondary N) is 2. The van der Waals surface area contributed by atoms with Crippen LogP contribution in [0.15, 0.2) is 29.3 Å². The Morgan fingerprint density at radius 3 is 2.38 bits per heavy atom. The molecule has 29 heavy (non-hydrogen) atoms. The summed E-state index contributed by atoms with van der Waals surface area (Å²) in [4.78, 5) is 4.49. The number of nitrogens with zero attached hydrogens (tertiary/aromatic N) is 1. The molecule has 164 valence electrons. The van der Waals surface area contributed by atoms with Gasteiger partial charge >= 0.3 is 0 Å². The minimum absolute atomic E-state index is 0. The molecule has 1 aromatic rings. The third kappa shape index (κ3) is 6.07. The molecule has 1 heterocycles. The van der Waals surface area contributed by atoms with Crippen LogP contribution in [-0.2, 0) is 14.9 Å². The molecule has 1 aromatic carbocycles. The van der Waals surface area contributed by atoms with E-state index in [9.17, 15) is 0 Å². The van der Waals surface area contributed by atoms with Crippen LogP contribution >= 0.6 is 24.0 Å². The van der Waals surface area contributed by atoms with Gasteiger partial charge in [-0.05, 0) is 55.6 Å². The lowest BCUT2D eigenvalue weighted by atomic mass is 9.67. The Morgan fingerprint density at radius 2 is 1.79 bits per heavy atom. The monoisotopic (exact) mass is 515 g/mol. The number of halogens is 1. The molecule has 2 fully saturated rings. The molecule has 3 rings (SSSR count). The fourth-order valence-corrected chi connectivity index (χ4v) is 4.73. The molecule has 1 aliphatic heterocycles. The Balaban J connectivity index is 0.00000300. The summed E-state index contributed by atoms with van der Waals surface area (Å²) < 4.78 is 11.0. The lowest BCUT2D eigenvalue weighted by Gasteiger charge is -2.43. The molecular formula is C23H38IN3O2. The molecule has 1 aliphatic carbocycles. The smallest absolute Gasteiger partial charge is 0.191 e. The summed E-state index contributed by atoms with van der Waals surface area (Å²) in [5.41, 5.74) is 3.28. The van der Waals surface area contributed by atoms with E-state index in [4.69, 9.17) is 9.47 Å². The molecule has 2 aliphatic rings. The summed E-state index contributed by atoms with van der Waals surface area (Å²) in [6.45, 7) is 6.55. The fraction of sp³-hybridized carbons (Fsp3) is 0.696. The zero-order chi connectivity index (χ0) is 19.9. The van der Waals surface area contributed by atoms with Crippen molar-refractivity contribution in [3.8, 4) is 0 Å². The third-order valence-corrected chi connectivity index (χ3v) is 6.87. The first kappa shape index (κ1) is 24.4. The van der Waals surface area contributed by atoms with Crippen molar-refractivity contribution in [1.29, 1.82) is 0 Å². The number of aliphatic imine (C=N–C) groups is 1. The third-order valence-electron chi connectivity index (χ3n) is 6.87. The van der Waals surface area contributed by atoms with Crippen LogP contribution in [0.4, 0.5) is 0 Å². The summed E-state index contributed by atoms with van der Waals surface area (Å²) in [5.74, 6) is 0.906. The molecule has 0 bridgehead atoms.